The van der Waals surface area contributed by atoms with E-state index in [9.17, 15) is 0 Å². The summed E-state index contributed by atoms with van der Waals surface area (Å²) < 4.78 is 1.52. The monoisotopic (exact) mass is 514 g/mol. The van der Waals surface area contributed by atoms with Crippen molar-refractivity contribution in [2.75, 3.05) is 0 Å². The Hall–Kier alpha value is -1.24. The maximum absolute atomic E-state index is 2.68. The second kappa shape index (κ2) is 8.52. The van der Waals surface area contributed by atoms with E-state index in [4.69, 9.17) is 0 Å². The Labute approximate surface area is 202 Å². The molecule has 0 nitrogen and oxygen atoms in total. The summed E-state index contributed by atoms with van der Waals surface area (Å²) in [5.41, 5.74) is 17.5. The van der Waals surface area contributed by atoms with E-state index >= 15 is 0 Å². The molecule has 0 saturated heterocycles. The number of rotatable bonds is 3. The Morgan fingerprint density at radius 1 is 0.750 bits per heavy atom. The first kappa shape index (κ1) is 22.5. The standard InChI is InChI=1S/C19H17.C9H13.C2H6Si.Zr/c1-13-10-17-11-15-8-5-9-16(15)12-18(17)19(13)14-6-3-2-4-7-14;1-6-5-7(2)9(4)8(6)3;1-3-2;/h2-4,6-7,10-12H,5,8-9H2,1H3;5H,1-4H3;1-2H3;. The number of hydrogen-bond acceptors (Lipinski definition) is 0. The zero-order chi connectivity index (χ0) is 22.7. The zero-order valence-electron chi connectivity index (χ0n) is 20.8. The molecule has 2 aromatic carbocycles. The first-order chi connectivity index (χ1) is 15.3. The number of allylic oxidation sites excluding steroid dienone is 5. The predicted molar refractivity (Wildman–Crippen MR) is 137 cm³/mol. The van der Waals surface area contributed by atoms with E-state index in [-0.39, 0.29) is 5.43 Å². The van der Waals surface area contributed by atoms with Crippen molar-refractivity contribution in [2.24, 2.45) is 0 Å². The fourth-order valence-electron chi connectivity index (χ4n) is 6.64. The van der Waals surface area contributed by atoms with Crippen LogP contribution in [0.2, 0.25) is 16.7 Å². The molecule has 32 heavy (non-hydrogen) atoms. The van der Waals surface area contributed by atoms with Crippen LogP contribution in [0.15, 0.2) is 70.3 Å². The topological polar surface area (TPSA) is 0 Å². The molecule has 3 aliphatic rings. The van der Waals surface area contributed by atoms with Crippen LogP contribution < -0.4 is 0 Å². The summed E-state index contributed by atoms with van der Waals surface area (Å²) in [6, 6.07) is 16.6. The molecule has 1 unspecified atom stereocenters. The number of benzene rings is 2. The summed E-state index contributed by atoms with van der Waals surface area (Å²) in [6.07, 6.45) is 3.88. The van der Waals surface area contributed by atoms with Crippen LogP contribution in [-0.2, 0) is 33.2 Å². The van der Waals surface area contributed by atoms with E-state index in [1.54, 1.807) is 55.7 Å². The van der Waals surface area contributed by atoms with Crippen LogP contribution in [0.25, 0.3) is 5.57 Å². The molecule has 0 fully saturated rings. The van der Waals surface area contributed by atoms with Crippen LogP contribution >= 0.6 is 0 Å². The summed E-state index contributed by atoms with van der Waals surface area (Å²) in [6.45, 7) is 17.5. The van der Waals surface area contributed by atoms with Gasteiger partial charge in [0, 0.05) is 0 Å². The summed E-state index contributed by atoms with van der Waals surface area (Å²) >= 11 is -1.93. The van der Waals surface area contributed by atoms with Crippen molar-refractivity contribution in [1.82, 2.24) is 0 Å². The maximum atomic E-state index is 2.68. The molecule has 0 heterocycles. The van der Waals surface area contributed by atoms with Crippen LogP contribution in [0, 0.1) is 0 Å². The van der Waals surface area contributed by atoms with Gasteiger partial charge in [-0.25, -0.2) is 0 Å². The molecule has 2 heteroatoms. The molecule has 164 valence electrons. The molecule has 0 aromatic heterocycles. The van der Waals surface area contributed by atoms with Crippen LogP contribution in [0.5, 0.6) is 0 Å². The molecule has 3 aliphatic carbocycles. The van der Waals surface area contributed by atoms with Gasteiger partial charge in [0.05, 0.1) is 0 Å². The third kappa shape index (κ3) is 3.40. The number of hydrogen-bond donors (Lipinski definition) is 0. The van der Waals surface area contributed by atoms with E-state index < -0.39 is 20.4 Å². The molecule has 2 aromatic rings. The first-order valence-corrected chi connectivity index (χ1v) is 21.3. The third-order valence-electron chi connectivity index (χ3n) is 8.55. The van der Waals surface area contributed by atoms with Crippen LogP contribution in [-0.4, -0.2) is 5.43 Å². The van der Waals surface area contributed by atoms with E-state index in [1.165, 1.54) is 24.8 Å². The molecule has 0 radical (unpaired) electrons. The molecular weight excluding hydrogens is 480 g/mol. The Bertz CT molecular complexity index is 1230. The van der Waals surface area contributed by atoms with Crippen molar-refractivity contribution < 1.29 is 20.4 Å². The Kier molecular flexibility index (Phi) is 6.00. The van der Waals surface area contributed by atoms with Gasteiger partial charge in [0.1, 0.15) is 0 Å². The van der Waals surface area contributed by atoms with E-state index in [1.807, 2.05) is 0 Å². The van der Waals surface area contributed by atoms with Gasteiger partial charge in [-0.1, -0.05) is 0 Å². The SMILES string of the molecule is CC1=C(C)[CH]([Zr]([CH]2C(C)=C(c3ccccc3)c3cc4c(cc32)CCC4)=[Si](C)C)C(C)=C1C. The summed E-state index contributed by atoms with van der Waals surface area (Å²) in [5, 5.41) is 0. The second-order valence-corrected chi connectivity index (χ2v) is 28.3. The summed E-state index contributed by atoms with van der Waals surface area (Å²) in [7, 11) is 0. The molecule has 0 aliphatic heterocycles. The fraction of sp³-hybridized carbons (Fsp3) is 0.400. The van der Waals surface area contributed by atoms with E-state index in [0.717, 1.165) is 7.25 Å². The van der Waals surface area contributed by atoms with Gasteiger partial charge < -0.3 is 0 Å². The molecule has 1 atom stereocenters. The normalized spacial score (nSPS) is 20.4. The zero-order valence-corrected chi connectivity index (χ0v) is 24.3. The first-order valence-electron chi connectivity index (χ1n) is 12.3. The van der Waals surface area contributed by atoms with E-state index in [0.29, 0.717) is 0 Å². The van der Waals surface area contributed by atoms with E-state index in [2.05, 4.69) is 90.2 Å². The Balaban J connectivity index is 1.77. The van der Waals surface area contributed by atoms with Gasteiger partial charge in [-0.2, -0.15) is 0 Å². The van der Waals surface area contributed by atoms with Crippen molar-refractivity contribution >= 4 is 11.0 Å². The van der Waals surface area contributed by atoms with Gasteiger partial charge in [-0.3, -0.25) is 0 Å². The minimum atomic E-state index is -1.93. The number of fused-ring (bicyclic) bond motifs is 2. The van der Waals surface area contributed by atoms with Crippen LogP contribution in [0.3, 0.4) is 0 Å². The Morgan fingerprint density at radius 3 is 1.94 bits per heavy atom. The molecule has 0 amide bonds. The minimum absolute atomic E-state index is 0.348. The average Bonchev–Trinajstić information content (AvgIpc) is 3.40. The van der Waals surface area contributed by atoms with Crippen molar-refractivity contribution in [1.29, 1.82) is 0 Å². The van der Waals surface area contributed by atoms with Gasteiger partial charge in [0.15, 0.2) is 0 Å². The summed E-state index contributed by atoms with van der Waals surface area (Å²) in [4.78, 5) is 0. The average molecular weight is 516 g/mol. The van der Waals surface area contributed by atoms with Gasteiger partial charge in [0.2, 0.25) is 0 Å². The van der Waals surface area contributed by atoms with Crippen molar-refractivity contribution in [3.05, 3.63) is 98.1 Å². The van der Waals surface area contributed by atoms with Crippen molar-refractivity contribution in [3.8, 4) is 0 Å². The van der Waals surface area contributed by atoms with Gasteiger partial charge >= 0.3 is 204 Å². The second-order valence-electron chi connectivity index (χ2n) is 10.4. The molecule has 0 spiro atoms. The molecule has 0 N–H and O–H groups in total. The molecule has 0 saturated carbocycles. The van der Waals surface area contributed by atoms with Gasteiger partial charge in [-0.15, -0.1) is 0 Å². The molecule has 0 bridgehead atoms. The third-order valence-corrected chi connectivity index (χ3v) is 28.6. The predicted octanol–water partition coefficient (Wildman–Crippen LogP) is 8.40. The quantitative estimate of drug-likeness (QED) is 0.360. The summed E-state index contributed by atoms with van der Waals surface area (Å²) in [5.74, 6) is 0. The van der Waals surface area contributed by atoms with Gasteiger partial charge in [0.25, 0.3) is 0 Å². The molecular formula is C30H36SiZr. The fourth-order valence-corrected chi connectivity index (χ4v) is 28.2. The van der Waals surface area contributed by atoms with Crippen LogP contribution in [0.4, 0.5) is 0 Å². The Morgan fingerprint density at radius 2 is 1.34 bits per heavy atom. The van der Waals surface area contributed by atoms with Crippen molar-refractivity contribution in [2.45, 2.75) is 74.2 Å². The van der Waals surface area contributed by atoms with Crippen molar-refractivity contribution in [3.63, 3.8) is 0 Å². The molecule has 5 rings (SSSR count). The number of aryl methyl sites for hydroxylation is 2. The van der Waals surface area contributed by atoms with Gasteiger partial charge in [-0.05, 0) is 0 Å². The van der Waals surface area contributed by atoms with Crippen LogP contribution in [0.1, 0.15) is 72.5 Å².